The van der Waals surface area contributed by atoms with Crippen molar-refractivity contribution < 1.29 is 14.3 Å². The van der Waals surface area contributed by atoms with Gasteiger partial charge in [0.2, 0.25) is 0 Å². The van der Waals surface area contributed by atoms with Gasteiger partial charge in [-0.25, -0.2) is 4.79 Å². The molecule has 2 aromatic carbocycles. The summed E-state index contributed by atoms with van der Waals surface area (Å²) in [5.74, 6) is 0.831. The monoisotopic (exact) mass is 296 g/mol. The van der Waals surface area contributed by atoms with E-state index in [1.807, 2.05) is 24.3 Å². The molecule has 0 aliphatic heterocycles. The molecule has 0 fully saturated rings. The maximum absolute atomic E-state index is 12.4. The van der Waals surface area contributed by atoms with E-state index in [0.717, 1.165) is 11.1 Å². The van der Waals surface area contributed by atoms with Crippen LogP contribution in [0.3, 0.4) is 0 Å². The second-order valence-electron chi connectivity index (χ2n) is 5.27. The van der Waals surface area contributed by atoms with Gasteiger partial charge < -0.3 is 9.47 Å². The quantitative estimate of drug-likeness (QED) is 0.598. The fraction of sp³-hybridized carbons (Fsp3) is 0.211. The summed E-state index contributed by atoms with van der Waals surface area (Å²) in [5.41, 5.74) is 2.18. The first kappa shape index (κ1) is 15.8. The van der Waals surface area contributed by atoms with E-state index in [0.29, 0.717) is 17.1 Å². The van der Waals surface area contributed by atoms with E-state index in [2.05, 4.69) is 20.4 Å². The lowest BCUT2D eigenvalue weighted by Gasteiger charge is -2.15. The second kappa shape index (κ2) is 6.94. The summed E-state index contributed by atoms with van der Waals surface area (Å²) in [7, 11) is 1.53. The molecule has 0 saturated heterocycles. The van der Waals surface area contributed by atoms with Crippen LogP contribution in [-0.4, -0.2) is 13.1 Å². The Hall–Kier alpha value is -2.55. The number of benzene rings is 2. The van der Waals surface area contributed by atoms with E-state index in [1.165, 1.54) is 7.11 Å². The van der Waals surface area contributed by atoms with Crippen LogP contribution in [0.15, 0.2) is 55.1 Å². The molecule has 0 heterocycles. The molecule has 0 aromatic heterocycles. The average molecular weight is 296 g/mol. The summed E-state index contributed by atoms with van der Waals surface area (Å²) in [6.45, 7) is 8.20. The number of ether oxygens (including phenoxy) is 2. The predicted octanol–water partition coefficient (Wildman–Crippen LogP) is 4.58. The maximum atomic E-state index is 12.4. The first-order chi connectivity index (χ1) is 10.5. The molecule has 0 saturated carbocycles. The highest BCUT2D eigenvalue weighted by Gasteiger charge is 2.17. The molecule has 0 radical (unpaired) electrons. The summed E-state index contributed by atoms with van der Waals surface area (Å²) < 4.78 is 10.8. The molecule has 0 bridgehead atoms. The van der Waals surface area contributed by atoms with Gasteiger partial charge in [-0.05, 0) is 29.7 Å². The number of hydrogen-bond donors (Lipinski definition) is 0. The van der Waals surface area contributed by atoms with E-state index >= 15 is 0 Å². The van der Waals surface area contributed by atoms with E-state index in [4.69, 9.17) is 9.47 Å². The van der Waals surface area contributed by atoms with Gasteiger partial charge in [-0.3, -0.25) is 0 Å². The summed E-state index contributed by atoms with van der Waals surface area (Å²) >= 11 is 0. The molecule has 2 rings (SSSR count). The Bertz CT molecular complexity index is 687. The molecule has 0 aliphatic carbocycles. The number of esters is 1. The molecule has 22 heavy (non-hydrogen) atoms. The van der Waals surface area contributed by atoms with Gasteiger partial charge in [0.1, 0.15) is 17.1 Å². The number of hydrogen-bond acceptors (Lipinski definition) is 3. The second-order valence-corrected chi connectivity index (χ2v) is 5.27. The lowest BCUT2D eigenvalue weighted by molar-refractivity contribution is 0.0730. The topological polar surface area (TPSA) is 35.5 Å². The number of allylic oxidation sites excluding steroid dienone is 1. The fourth-order valence-corrected chi connectivity index (χ4v) is 2.10. The van der Waals surface area contributed by atoms with E-state index in [1.54, 1.807) is 24.3 Å². The van der Waals surface area contributed by atoms with Crippen molar-refractivity contribution in [3.63, 3.8) is 0 Å². The Morgan fingerprint density at radius 2 is 1.50 bits per heavy atom. The summed E-state index contributed by atoms with van der Waals surface area (Å²) in [6, 6.07) is 14.4. The number of para-hydroxylation sites is 2. The zero-order valence-electron chi connectivity index (χ0n) is 13.1. The van der Waals surface area contributed by atoms with Crippen molar-refractivity contribution in [2.45, 2.75) is 13.8 Å². The summed E-state index contributed by atoms with van der Waals surface area (Å²) in [6.07, 6.45) is 0. The largest absolute Gasteiger partial charge is 0.496 e. The van der Waals surface area contributed by atoms with Crippen LogP contribution in [0.25, 0.3) is 5.57 Å². The molecular formula is C19H20O3. The Labute approximate surface area is 131 Å². The van der Waals surface area contributed by atoms with Crippen molar-refractivity contribution in [3.8, 4) is 11.5 Å². The van der Waals surface area contributed by atoms with Crippen molar-refractivity contribution in [2.75, 3.05) is 7.11 Å². The van der Waals surface area contributed by atoms with Gasteiger partial charge >= 0.3 is 5.97 Å². The summed E-state index contributed by atoms with van der Waals surface area (Å²) in [4.78, 5) is 12.4. The zero-order chi connectivity index (χ0) is 16.1. The number of rotatable bonds is 5. The zero-order valence-corrected chi connectivity index (χ0v) is 13.1. The first-order valence-corrected chi connectivity index (χ1v) is 7.18. The first-order valence-electron chi connectivity index (χ1n) is 7.18. The van der Waals surface area contributed by atoms with Crippen LogP contribution in [0, 0.1) is 5.92 Å². The fourth-order valence-electron chi connectivity index (χ4n) is 2.10. The van der Waals surface area contributed by atoms with Gasteiger partial charge in [0.15, 0.2) is 0 Å². The molecule has 0 unspecified atom stereocenters. The highest BCUT2D eigenvalue weighted by Crippen LogP contribution is 2.30. The normalized spacial score (nSPS) is 10.4. The summed E-state index contributed by atoms with van der Waals surface area (Å²) in [5, 5.41) is 0. The number of carbonyl (C=O) groups excluding carboxylic acids is 1. The molecule has 0 spiro atoms. The lowest BCUT2D eigenvalue weighted by Crippen LogP contribution is -2.11. The van der Waals surface area contributed by atoms with Gasteiger partial charge in [-0.15, -0.1) is 0 Å². The smallest absolute Gasteiger partial charge is 0.347 e. The van der Waals surface area contributed by atoms with Crippen molar-refractivity contribution in [2.24, 2.45) is 5.92 Å². The molecule has 3 nitrogen and oxygen atoms in total. The van der Waals surface area contributed by atoms with E-state index in [9.17, 15) is 4.79 Å². The lowest BCUT2D eigenvalue weighted by atomic mass is 9.96. The highest BCUT2D eigenvalue weighted by molar-refractivity contribution is 5.94. The Kier molecular flexibility index (Phi) is 4.99. The van der Waals surface area contributed by atoms with Crippen molar-refractivity contribution in [1.29, 1.82) is 0 Å². The Balaban J connectivity index is 2.31. The van der Waals surface area contributed by atoms with Gasteiger partial charge in [0.25, 0.3) is 0 Å². The van der Waals surface area contributed by atoms with Crippen molar-refractivity contribution >= 4 is 11.5 Å². The van der Waals surface area contributed by atoms with Crippen LogP contribution in [0.5, 0.6) is 11.5 Å². The van der Waals surface area contributed by atoms with Crippen LogP contribution in [-0.2, 0) is 0 Å². The molecule has 0 N–H and O–H groups in total. The molecule has 0 amide bonds. The van der Waals surface area contributed by atoms with Gasteiger partial charge in [-0.2, -0.15) is 0 Å². The third-order valence-electron chi connectivity index (χ3n) is 3.46. The van der Waals surface area contributed by atoms with Crippen LogP contribution in [0.4, 0.5) is 0 Å². The van der Waals surface area contributed by atoms with E-state index < -0.39 is 5.97 Å². The van der Waals surface area contributed by atoms with Gasteiger partial charge in [0, 0.05) is 5.56 Å². The number of methoxy groups -OCH3 is 1. The Morgan fingerprint density at radius 1 is 0.955 bits per heavy atom. The van der Waals surface area contributed by atoms with Gasteiger partial charge in [0.05, 0.1) is 7.11 Å². The van der Waals surface area contributed by atoms with Crippen molar-refractivity contribution in [3.05, 3.63) is 66.2 Å². The standard InChI is InChI=1S/C19H20O3/c1-13(2)14(3)15-9-5-8-12-18(15)22-19(20)16-10-6-7-11-17(16)21-4/h5-13H,3H2,1-2,4H3. The van der Waals surface area contributed by atoms with Crippen LogP contribution < -0.4 is 9.47 Å². The molecule has 2 aromatic rings. The van der Waals surface area contributed by atoms with Crippen LogP contribution >= 0.6 is 0 Å². The maximum Gasteiger partial charge on any atom is 0.347 e. The van der Waals surface area contributed by atoms with Crippen LogP contribution in [0.1, 0.15) is 29.8 Å². The molecule has 0 aliphatic rings. The average Bonchev–Trinajstić information content (AvgIpc) is 2.54. The van der Waals surface area contributed by atoms with E-state index in [-0.39, 0.29) is 5.92 Å². The SMILES string of the molecule is C=C(c1ccccc1OC(=O)c1ccccc1OC)C(C)C. The molecule has 3 heteroatoms. The number of carbonyl (C=O) groups is 1. The third-order valence-corrected chi connectivity index (χ3v) is 3.46. The third kappa shape index (κ3) is 3.37. The molecular weight excluding hydrogens is 276 g/mol. The minimum Gasteiger partial charge on any atom is -0.496 e. The Morgan fingerprint density at radius 3 is 2.09 bits per heavy atom. The van der Waals surface area contributed by atoms with Crippen molar-refractivity contribution in [1.82, 2.24) is 0 Å². The van der Waals surface area contributed by atoms with Gasteiger partial charge in [-0.1, -0.05) is 50.8 Å². The predicted molar refractivity (Wildman–Crippen MR) is 88.3 cm³/mol. The molecule has 0 atom stereocenters. The minimum atomic E-state index is -0.443. The van der Waals surface area contributed by atoms with Crippen LogP contribution in [0.2, 0.25) is 0 Å². The molecule has 114 valence electrons. The highest BCUT2D eigenvalue weighted by atomic mass is 16.5. The minimum absolute atomic E-state index is 0.270.